The molecule has 1 unspecified atom stereocenters. The van der Waals surface area contributed by atoms with Gasteiger partial charge < -0.3 is 5.32 Å². The molecule has 2 aromatic carbocycles. The SMILES string of the molecule is CNC(Cc1ccc(Cl)cc1)c1cc2cc(F)ccc2s1. The van der Waals surface area contributed by atoms with Crippen LogP contribution >= 0.6 is 22.9 Å². The topological polar surface area (TPSA) is 12.0 Å². The zero-order valence-corrected chi connectivity index (χ0v) is 13.1. The van der Waals surface area contributed by atoms with Crippen LogP contribution in [0.2, 0.25) is 5.02 Å². The Balaban J connectivity index is 1.88. The number of halogens is 2. The minimum Gasteiger partial charge on any atom is -0.312 e. The van der Waals surface area contributed by atoms with E-state index < -0.39 is 0 Å². The maximum absolute atomic E-state index is 13.3. The summed E-state index contributed by atoms with van der Waals surface area (Å²) in [6, 6.07) is 15.1. The summed E-state index contributed by atoms with van der Waals surface area (Å²) in [5.41, 5.74) is 1.22. The number of likely N-dealkylation sites (N-methyl/N-ethyl adjacent to an activating group) is 1. The van der Waals surface area contributed by atoms with Gasteiger partial charge in [-0.3, -0.25) is 0 Å². The number of nitrogens with one attached hydrogen (secondary N) is 1. The van der Waals surface area contributed by atoms with Crippen LogP contribution in [0.3, 0.4) is 0 Å². The first-order chi connectivity index (χ1) is 10.2. The van der Waals surface area contributed by atoms with E-state index in [0.717, 1.165) is 21.5 Å². The Bertz CT molecular complexity index is 751. The van der Waals surface area contributed by atoms with Gasteiger partial charge in [0.15, 0.2) is 0 Å². The second-order valence-electron chi connectivity index (χ2n) is 5.00. The van der Waals surface area contributed by atoms with Crippen LogP contribution in [0.25, 0.3) is 10.1 Å². The molecule has 3 rings (SSSR count). The zero-order valence-electron chi connectivity index (χ0n) is 11.6. The molecule has 0 saturated carbocycles. The van der Waals surface area contributed by atoms with Crippen molar-refractivity contribution in [2.45, 2.75) is 12.5 Å². The number of fused-ring (bicyclic) bond motifs is 1. The van der Waals surface area contributed by atoms with Gasteiger partial charge in [-0.15, -0.1) is 11.3 Å². The molecule has 108 valence electrons. The van der Waals surface area contributed by atoms with Crippen LogP contribution in [0.15, 0.2) is 48.5 Å². The van der Waals surface area contributed by atoms with Crippen LogP contribution in [-0.2, 0) is 6.42 Å². The molecule has 0 aliphatic carbocycles. The summed E-state index contributed by atoms with van der Waals surface area (Å²) in [6.45, 7) is 0. The highest BCUT2D eigenvalue weighted by Gasteiger charge is 2.14. The van der Waals surface area contributed by atoms with Crippen LogP contribution in [0.4, 0.5) is 4.39 Å². The van der Waals surface area contributed by atoms with Crippen LogP contribution in [0.5, 0.6) is 0 Å². The average Bonchev–Trinajstić information content (AvgIpc) is 2.89. The molecule has 0 saturated heterocycles. The maximum Gasteiger partial charge on any atom is 0.123 e. The van der Waals surface area contributed by atoms with Gasteiger partial charge in [0.2, 0.25) is 0 Å². The zero-order chi connectivity index (χ0) is 14.8. The number of hydrogen-bond donors (Lipinski definition) is 1. The lowest BCUT2D eigenvalue weighted by atomic mass is 10.0. The van der Waals surface area contributed by atoms with Crippen LogP contribution in [-0.4, -0.2) is 7.05 Å². The largest absolute Gasteiger partial charge is 0.312 e. The Labute approximate surface area is 132 Å². The quantitative estimate of drug-likeness (QED) is 0.697. The maximum atomic E-state index is 13.3. The van der Waals surface area contributed by atoms with Gasteiger partial charge in [0, 0.05) is 20.6 Å². The van der Waals surface area contributed by atoms with E-state index in [0.29, 0.717) is 0 Å². The van der Waals surface area contributed by atoms with Crippen LogP contribution in [0, 0.1) is 5.82 Å². The minimum absolute atomic E-state index is 0.189. The molecule has 1 aromatic heterocycles. The molecule has 0 bridgehead atoms. The molecular weight excluding hydrogens is 305 g/mol. The third kappa shape index (κ3) is 3.26. The second kappa shape index (κ2) is 6.14. The highest BCUT2D eigenvalue weighted by Crippen LogP contribution is 2.32. The van der Waals surface area contributed by atoms with Crippen molar-refractivity contribution < 1.29 is 4.39 Å². The Morgan fingerprint density at radius 2 is 1.90 bits per heavy atom. The van der Waals surface area contributed by atoms with Crippen molar-refractivity contribution in [1.82, 2.24) is 5.32 Å². The Hall–Kier alpha value is -1.42. The second-order valence-corrected chi connectivity index (χ2v) is 6.55. The monoisotopic (exact) mass is 319 g/mol. The summed E-state index contributed by atoms with van der Waals surface area (Å²) < 4.78 is 14.4. The van der Waals surface area contributed by atoms with Crippen molar-refractivity contribution in [3.8, 4) is 0 Å². The van der Waals surface area contributed by atoms with Gasteiger partial charge in [-0.25, -0.2) is 4.39 Å². The fraction of sp³-hybridized carbons (Fsp3) is 0.176. The summed E-state index contributed by atoms with van der Waals surface area (Å²) in [5.74, 6) is -0.189. The lowest BCUT2D eigenvalue weighted by Gasteiger charge is -2.14. The first-order valence-electron chi connectivity index (χ1n) is 6.76. The molecule has 1 nitrogen and oxygen atoms in total. The van der Waals surface area contributed by atoms with E-state index in [9.17, 15) is 4.39 Å². The van der Waals surface area contributed by atoms with Crippen molar-refractivity contribution in [3.63, 3.8) is 0 Å². The van der Waals surface area contributed by atoms with E-state index in [4.69, 9.17) is 11.6 Å². The molecule has 0 aliphatic heterocycles. The molecule has 3 aromatic rings. The molecule has 1 heterocycles. The summed E-state index contributed by atoms with van der Waals surface area (Å²) in [4.78, 5) is 1.22. The van der Waals surface area contributed by atoms with Gasteiger partial charge in [-0.1, -0.05) is 23.7 Å². The normalized spacial score (nSPS) is 12.7. The molecule has 4 heteroatoms. The highest BCUT2D eigenvalue weighted by molar-refractivity contribution is 7.19. The Morgan fingerprint density at radius 3 is 2.62 bits per heavy atom. The number of benzene rings is 2. The molecule has 0 spiro atoms. The molecule has 1 N–H and O–H groups in total. The number of rotatable bonds is 4. The summed E-state index contributed by atoms with van der Waals surface area (Å²) >= 11 is 7.62. The first kappa shape index (κ1) is 14.5. The molecule has 21 heavy (non-hydrogen) atoms. The van der Waals surface area contributed by atoms with Crippen molar-refractivity contribution in [3.05, 3.63) is 69.8 Å². The van der Waals surface area contributed by atoms with E-state index in [-0.39, 0.29) is 11.9 Å². The van der Waals surface area contributed by atoms with E-state index in [1.807, 2.05) is 37.4 Å². The van der Waals surface area contributed by atoms with Crippen molar-refractivity contribution in [1.29, 1.82) is 0 Å². The van der Waals surface area contributed by atoms with E-state index >= 15 is 0 Å². The van der Waals surface area contributed by atoms with E-state index in [2.05, 4.69) is 11.4 Å². The average molecular weight is 320 g/mol. The van der Waals surface area contributed by atoms with Gasteiger partial charge in [0.1, 0.15) is 5.82 Å². The molecule has 0 radical (unpaired) electrons. The third-order valence-corrected chi connectivity index (χ3v) is 5.02. The summed E-state index contributed by atoms with van der Waals surface area (Å²) in [6.07, 6.45) is 0.878. The van der Waals surface area contributed by atoms with Crippen molar-refractivity contribution in [2.24, 2.45) is 0 Å². The lowest BCUT2D eigenvalue weighted by Crippen LogP contribution is -2.17. The molecule has 1 atom stereocenters. The number of hydrogen-bond acceptors (Lipinski definition) is 2. The van der Waals surface area contributed by atoms with Gasteiger partial charge in [-0.05, 0) is 60.8 Å². The lowest BCUT2D eigenvalue weighted by molar-refractivity contribution is 0.602. The fourth-order valence-electron chi connectivity index (χ4n) is 2.41. The van der Waals surface area contributed by atoms with Gasteiger partial charge in [0.25, 0.3) is 0 Å². The molecule has 0 aliphatic rings. The van der Waals surface area contributed by atoms with Crippen LogP contribution < -0.4 is 5.32 Å². The predicted molar refractivity (Wildman–Crippen MR) is 88.7 cm³/mol. The van der Waals surface area contributed by atoms with Gasteiger partial charge in [0.05, 0.1) is 0 Å². The third-order valence-electron chi connectivity index (χ3n) is 3.54. The standard InChI is InChI=1S/C17H15ClFNS/c1-20-15(8-11-2-4-13(18)5-3-11)17-10-12-9-14(19)6-7-16(12)21-17/h2-7,9-10,15,20H,8H2,1H3. The van der Waals surface area contributed by atoms with Crippen molar-refractivity contribution >= 4 is 33.0 Å². The molecule has 0 fully saturated rings. The molecular formula is C17H15ClFNS. The van der Waals surface area contributed by atoms with Crippen molar-refractivity contribution in [2.75, 3.05) is 7.05 Å². The summed E-state index contributed by atoms with van der Waals surface area (Å²) in [5, 5.41) is 5.05. The Morgan fingerprint density at radius 1 is 1.14 bits per heavy atom. The van der Waals surface area contributed by atoms with E-state index in [1.54, 1.807) is 17.4 Å². The van der Waals surface area contributed by atoms with Gasteiger partial charge >= 0.3 is 0 Å². The predicted octanol–water partition coefficient (Wildman–Crippen LogP) is 5.20. The van der Waals surface area contributed by atoms with E-state index in [1.165, 1.54) is 16.5 Å². The fourth-order valence-corrected chi connectivity index (χ4v) is 3.69. The highest BCUT2D eigenvalue weighted by atomic mass is 35.5. The Kier molecular flexibility index (Phi) is 4.24. The summed E-state index contributed by atoms with van der Waals surface area (Å²) in [7, 11) is 1.95. The molecule has 0 amide bonds. The van der Waals surface area contributed by atoms with Gasteiger partial charge in [-0.2, -0.15) is 0 Å². The smallest absolute Gasteiger partial charge is 0.123 e. The minimum atomic E-state index is -0.189. The first-order valence-corrected chi connectivity index (χ1v) is 7.96. The number of thiophene rings is 1. The van der Waals surface area contributed by atoms with Crippen LogP contribution in [0.1, 0.15) is 16.5 Å².